The molecular weight excluding hydrogens is 282 g/mol. The van der Waals surface area contributed by atoms with E-state index >= 15 is 0 Å². The molecule has 0 saturated heterocycles. The zero-order valence-corrected chi connectivity index (χ0v) is 12.2. The molecule has 1 aromatic carbocycles. The molecule has 0 aliphatic carbocycles. The largest absolute Gasteiger partial charge is 0.493 e. The van der Waals surface area contributed by atoms with Crippen molar-refractivity contribution in [3.8, 4) is 5.75 Å². The van der Waals surface area contributed by atoms with E-state index in [-0.39, 0.29) is 24.9 Å². The molecule has 1 aromatic rings. The van der Waals surface area contributed by atoms with Crippen molar-refractivity contribution in [2.45, 2.75) is 26.3 Å². The van der Waals surface area contributed by atoms with Gasteiger partial charge in [-0.15, -0.1) is 0 Å². The average Bonchev–Trinajstić information content (AvgIpc) is 2.35. The number of aliphatic carboxylic acids is 1. The lowest BCUT2D eigenvalue weighted by atomic mass is 10.0. The lowest BCUT2D eigenvalue weighted by molar-refractivity contribution is -0.143. The second-order valence-electron chi connectivity index (χ2n) is 4.68. The van der Waals surface area contributed by atoms with E-state index in [4.69, 9.17) is 21.4 Å². The molecular formula is C14H18ClNO4. The van der Waals surface area contributed by atoms with E-state index in [0.717, 1.165) is 0 Å². The van der Waals surface area contributed by atoms with Gasteiger partial charge in [0.05, 0.1) is 13.0 Å². The van der Waals surface area contributed by atoms with Gasteiger partial charge in [0.1, 0.15) is 11.8 Å². The van der Waals surface area contributed by atoms with Gasteiger partial charge in [-0.25, -0.2) is 4.79 Å². The van der Waals surface area contributed by atoms with Crippen molar-refractivity contribution >= 4 is 23.5 Å². The Hall–Kier alpha value is -1.75. The molecule has 0 unspecified atom stereocenters. The summed E-state index contributed by atoms with van der Waals surface area (Å²) in [5.74, 6) is -0.994. The number of rotatable bonds is 7. The molecule has 1 amide bonds. The Bertz CT molecular complexity index is 476. The summed E-state index contributed by atoms with van der Waals surface area (Å²) in [7, 11) is 0. The summed E-state index contributed by atoms with van der Waals surface area (Å²) >= 11 is 5.80. The van der Waals surface area contributed by atoms with Crippen LogP contribution in [0.3, 0.4) is 0 Å². The number of halogens is 1. The first-order valence-corrected chi connectivity index (χ1v) is 6.68. The van der Waals surface area contributed by atoms with E-state index < -0.39 is 12.0 Å². The summed E-state index contributed by atoms with van der Waals surface area (Å²) in [6.45, 7) is 3.64. The third kappa shape index (κ3) is 5.48. The van der Waals surface area contributed by atoms with Crippen molar-refractivity contribution in [1.29, 1.82) is 0 Å². The van der Waals surface area contributed by atoms with Gasteiger partial charge in [0.2, 0.25) is 5.91 Å². The summed E-state index contributed by atoms with van der Waals surface area (Å²) in [5, 5.41) is 12.0. The van der Waals surface area contributed by atoms with Gasteiger partial charge in [-0.1, -0.05) is 31.5 Å². The fourth-order valence-corrected chi connectivity index (χ4v) is 1.76. The summed E-state index contributed by atoms with van der Waals surface area (Å²) < 4.78 is 5.37. The number of carboxylic acids is 1. The number of amides is 1. The van der Waals surface area contributed by atoms with Crippen LogP contribution in [0, 0.1) is 5.92 Å². The maximum Gasteiger partial charge on any atom is 0.326 e. The van der Waals surface area contributed by atoms with Gasteiger partial charge in [-0.05, 0) is 24.1 Å². The van der Waals surface area contributed by atoms with Crippen LogP contribution in [-0.4, -0.2) is 29.6 Å². The van der Waals surface area contributed by atoms with Crippen LogP contribution in [0.5, 0.6) is 5.75 Å². The quantitative estimate of drug-likeness (QED) is 0.810. The third-order valence-electron chi connectivity index (χ3n) is 2.64. The molecule has 0 aliphatic rings. The van der Waals surface area contributed by atoms with Crippen LogP contribution in [0.2, 0.25) is 5.02 Å². The van der Waals surface area contributed by atoms with Crippen LogP contribution < -0.4 is 10.1 Å². The van der Waals surface area contributed by atoms with E-state index in [9.17, 15) is 9.59 Å². The smallest absolute Gasteiger partial charge is 0.326 e. The predicted molar refractivity (Wildman–Crippen MR) is 76.0 cm³/mol. The fourth-order valence-electron chi connectivity index (χ4n) is 1.58. The van der Waals surface area contributed by atoms with Crippen LogP contribution >= 0.6 is 11.6 Å². The van der Waals surface area contributed by atoms with Crippen molar-refractivity contribution in [1.82, 2.24) is 5.32 Å². The Balaban J connectivity index is 2.38. The van der Waals surface area contributed by atoms with Gasteiger partial charge >= 0.3 is 5.97 Å². The van der Waals surface area contributed by atoms with Gasteiger partial charge in [0.15, 0.2) is 0 Å². The van der Waals surface area contributed by atoms with E-state index in [2.05, 4.69) is 5.32 Å². The van der Waals surface area contributed by atoms with Crippen LogP contribution in [0.4, 0.5) is 0 Å². The average molecular weight is 300 g/mol. The van der Waals surface area contributed by atoms with Crippen molar-refractivity contribution < 1.29 is 19.4 Å². The molecule has 0 saturated carbocycles. The Kier molecular flexibility index (Phi) is 6.31. The highest BCUT2D eigenvalue weighted by Gasteiger charge is 2.23. The zero-order valence-electron chi connectivity index (χ0n) is 11.4. The summed E-state index contributed by atoms with van der Waals surface area (Å²) in [4.78, 5) is 22.6. The molecule has 110 valence electrons. The molecule has 2 N–H and O–H groups in total. The molecule has 0 radical (unpaired) electrons. The van der Waals surface area contributed by atoms with Crippen LogP contribution in [-0.2, 0) is 9.59 Å². The maximum absolute atomic E-state index is 11.6. The van der Waals surface area contributed by atoms with Crippen molar-refractivity contribution in [3.63, 3.8) is 0 Å². The summed E-state index contributed by atoms with van der Waals surface area (Å²) in [6.07, 6.45) is 0.0863. The number of carboxylic acid groups (broad SMARTS) is 1. The Labute approximate surface area is 122 Å². The van der Waals surface area contributed by atoms with Gasteiger partial charge in [0.25, 0.3) is 0 Å². The summed E-state index contributed by atoms with van der Waals surface area (Å²) in [5.41, 5.74) is 0. The minimum atomic E-state index is -1.04. The number of nitrogens with one attached hydrogen (secondary N) is 1. The Morgan fingerprint density at radius 3 is 2.65 bits per heavy atom. The molecule has 20 heavy (non-hydrogen) atoms. The van der Waals surface area contributed by atoms with E-state index in [1.165, 1.54) is 0 Å². The number of carbonyl (C=O) groups is 2. The number of benzene rings is 1. The Morgan fingerprint density at radius 2 is 2.10 bits per heavy atom. The SMILES string of the molecule is CC(C)[C@H](NC(=O)CCOc1cccc(Cl)c1)C(=O)O. The third-order valence-corrected chi connectivity index (χ3v) is 2.88. The normalized spacial score (nSPS) is 12.0. The number of ether oxygens (including phenoxy) is 1. The van der Waals surface area contributed by atoms with Gasteiger partial charge < -0.3 is 15.2 Å². The molecule has 1 rings (SSSR count). The molecule has 0 bridgehead atoms. The monoisotopic (exact) mass is 299 g/mol. The minimum Gasteiger partial charge on any atom is -0.493 e. The lowest BCUT2D eigenvalue weighted by Gasteiger charge is -2.17. The van der Waals surface area contributed by atoms with E-state index in [1.807, 2.05) is 0 Å². The second kappa shape index (κ2) is 7.75. The first kappa shape index (κ1) is 16.3. The molecule has 0 fully saturated rings. The number of carbonyl (C=O) groups excluding carboxylic acids is 1. The lowest BCUT2D eigenvalue weighted by Crippen LogP contribution is -2.44. The molecule has 1 atom stereocenters. The predicted octanol–water partition coefficient (Wildman–Crippen LogP) is 2.33. The first-order chi connectivity index (χ1) is 9.40. The molecule has 5 nitrogen and oxygen atoms in total. The van der Waals surface area contributed by atoms with Gasteiger partial charge in [-0.2, -0.15) is 0 Å². The highest BCUT2D eigenvalue weighted by molar-refractivity contribution is 6.30. The van der Waals surface area contributed by atoms with Crippen molar-refractivity contribution in [2.75, 3.05) is 6.61 Å². The first-order valence-electron chi connectivity index (χ1n) is 6.30. The standard InChI is InChI=1S/C14H18ClNO4/c1-9(2)13(14(18)19)16-12(17)6-7-20-11-5-3-4-10(15)8-11/h3-5,8-9,13H,6-7H2,1-2H3,(H,16,17)(H,18,19)/t13-/m0/s1. The van der Waals surface area contributed by atoms with Gasteiger partial charge in [-0.3, -0.25) is 4.79 Å². The van der Waals surface area contributed by atoms with Crippen LogP contribution in [0.25, 0.3) is 0 Å². The van der Waals surface area contributed by atoms with E-state index in [1.54, 1.807) is 38.1 Å². The Morgan fingerprint density at radius 1 is 1.40 bits per heavy atom. The van der Waals surface area contributed by atoms with Crippen LogP contribution in [0.1, 0.15) is 20.3 Å². The number of hydrogen-bond donors (Lipinski definition) is 2. The zero-order chi connectivity index (χ0) is 15.1. The number of hydrogen-bond acceptors (Lipinski definition) is 3. The topological polar surface area (TPSA) is 75.6 Å². The highest BCUT2D eigenvalue weighted by Crippen LogP contribution is 2.17. The van der Waals surface area contributed by atoms with E-state index in [0.29, 0.717) is 10.8 Å². The molecule has 0 spiro atoms. The van der Waals surface area contributed by atoms with Crippen LogP contribution in [0.15, 0.2) is 24.3 Å². The van der Waals surface area contributed by atoms with Gasteiger partial charge in [0, 0.05) is 5.02 Å². The minimum absolute atomic E-state index is 0.0863. The fraction of sp³-hybridized carbons (Fsp3) is 0.429. The van der Waals surface area contributed by atoms with Crippen molar-refractivity contribution in [3.05, 3.63) is 29.3 Å². The molecule has 0 aliphatic heterocycles. The van der Waals surface area contributed by atoms with Crippen molar-refractivity contribution in [2.24, 2.45) is 5.92 Å². The molecule has 0 aromatic heterocycles. The molecule has 6 heteroatoms. The maximum atomic E-state index is 11.6. The highest BCUT2D eigenvalue weighted by atomic mass is 35.5. The second-order valence-corrected chi connectivity index (χ2v) is 5.12. The molecule has 0 heterocycles. The summed E-state index contributed by atoms with van der Waals surface area (Å²) in [6, 6.07) is 5.97.